The van der Waals surface area contributed by atoms with Gasteiger partial charge in [-0.1, -0.05) is 24.3 Å². The number of fused-ring (bicyclic) bond motifs is 1. The van der Waals surface area contributed by atoms with Crippen molar-refractivity contribution in [2.45, 2.75) is 38.5 Å². The molecule has 0 amide bonds. The second-order valence-corrected chi connectivity index (χ2v) is 5.30. The van der Waals surface area contributed by atoms with Crippen molar-refractivity contribution in [1.29, 1.82) is 0 Å². The molecule has 2 nitrogen and oxygen atoms in total. The normalized spacial score (nSPS) is 23.5. The maximum atomic E-state index is 11.7. The van der Waals surface area contributed by atoms with Gasteiger partial charge >= 0.3 is 5.97 Å². The lowest BCUT2D eigenvalue weighted by atomic mass is 9.87. The van der Waals surface area contributed by atoms with Crippen molar-refractivity contribution >= 4 is 5.97 Å². The number of carbonyl (C=O) groups excluding carboxylic acids is 1. The minimum absolute atomic E-state index is 0.0412. The van der Waals surface area contributed by atoms with Gasteiger partial charge < -0.3 is 4.74 Å². The van der Waals surface area contributed by atoms with Gasteiger partial charge in [0.25, 0.3) is 0 Å². The molecule has 0 bridgehead atoms. The zero-order valence-corrected chi connectivity index (χ0v) is 10.2. The van der Waals surface area contributed by atoms with E-state index in [1.165, 1.54) is 24.0 Å². The molecule has 1 aromatic rings. The Labute approximate surface area is 102 Å². The number of rotatable bonds is 3. The second-order valence-electron chi connectivity index (χ2n) is 5.30. The van der Waals surface area contributed by atoms with Gasteiger partial charge in [-0.3, -0.25) is 4.79 Å². The lowest BCUT2D eigenvalue weighted by Crippen LogP contribution is -2.15. The predicted octanol–water partition coefficient (Wildman–Crippen LogP) is 3.06. The van der Waals surface area contributed by atoms with Crippen molar-refractivity contribution in [2.75, 3.05) is 6.61 Å². The molecule has 2 aliphatic carbocycles. The molecular formula is C15H18O2. The van der Waals surface area contributed by atoms with E-state index in [1.807, 2.05) is 6.92 Å². The molecule has 1 unspecified atom stereocenters. The van der Waals surface area contributed by atoms with Crippen LogP contribution in [0.1, 0.15) is 43.2 Å². The number of hydrogen-bond acceptors (Lipinski definition) is 2. The average molecular weight is 230 g/mol. The van der Waals surface area contributed by atoms with Gasteiger partial charge in [0.2, 0.25) is 0 Å². The SMILES string of the molecule is CCOC(=O)CC1c2ccccc2CC12CC2. The van der Waals surface area contributed by atoms with Crippen molar-refractivity contribution < 1.29 is 9.53 Å². The van der Waals surface area contributed by atoms with Crippen LogP contribution in [0.15, 0.2) is 24.3 Å². The van der Waals surface area contributed by atoms with Crippen LogP contribution in [0.3, 0.4) is 0 Å². The number of carbonyl (C=O) groups is 1. The van der Waals surface area contributed by atoms with Crippen LogP contribution in [-0.4, -0.2) is 12.6 Å². The first kappa shape index (κ1) is 10.8. The molecule has 90 valence electrons. The number of esters is 1. The maximum Gasteiger partial charge on any atom is 0.306 e. The van der Waals surface area contributed by atoms with Crippen molar-refractivity contribution in [3.63, 3.8) is 0 Å². The molecule has 2 heteroatoms. The molecule has 0 heterocycles. The molecule has 3 rings (SSSR count). The van der Waals surface area contributed by atoms with E-state index in [2.05, 4.69) is 24.3 Å². The van der Waals surface area contributed by atoms with Crippen LogP contribution in [-0.2, 0) is 16.0 Å². The third-order valence-electron chi connectivity index (χ3n) is 4.28. The molecule has 0 aliphatic heterocycles. The van der Waals surface area contributed by atoms with E-state index in [0.717, 1.165) is 6.42 Å². The molecule has 0 saturated heterocycles. The van der Waals surface area contributed by atoms with Crippen molar-refractivity contribution in [3.05, 3.63) is 35.4 Å². The Morgan fingerprint density at radius 1 is 1.41 bits per heavy atom. The Balaban J connectivity index is 1.85. The molecular weight excluding hydrogens is 212 g/mol. The van der Waals surface area contributed by atoms with Crippen molar-refractivity contribution in [2.24, 2.45) is 5.41 Å². The number of hydrogen-bond donors (Lipinski definition) is 0. The summed E-state index contributed by atoms with van der Waals surface area (Å²) in [4.78, 5) is 11.7. The molecule has 17 heavy (non-hydrogen) atoms. The van der Waals surface area contributed by atoms with Crippen molar-refractivity contribution in [1.82, 2.24) is 0 Å². The van der Waals surface area contributed by atoms with Gasteiger partial charge in [0, 0.05) is 5.92 Å². The molecule has 1 saturated carbocycles. The Morgan fingerprint density at radius 3 is 2.88 bits per heavy atom. The van der Waals surface area contributed by atoms with E-state index in [0.29, 0.717) is 24.4 Å². The van der Waals surface area contributed by atoms with Gasteiger partial charge in [0.1, 0.15) is 0 Å². The van der Waals surface area contributed by atoms with Crippen LogP contribution < -0.4 is 0 Å². The fraction of sp³-hybridized carbons (Fsp3) is 0.533. The van der Waals surface area contributed by atoms with Crippen LogP contribution in [0.2, 0.25) is 0 Å². The van der Waals surface area contributed by atoms with Gasteiger partial charge in [-0.15, -0.1) is 0 Å². The highest BCUT2D eigenvalue weighted by Gasteiger charge is 2.54. The highest BCUT2D eigenvalue weighted by molar-refractivity contribution is 5.71. The van der Waals surface area contributed by atoms with Crippen LogP contribution >= 0.6 is 0 Å². The van der Waals surface area contributed by atoms with Gasteiger partial charge in [-0.2, -0.15) is 0 Å². The van der Waals surface area contributed by atoms with E-state index in [9.17, 15) is 4.79 Å². The largest absolute Gasteiger partial charge is 0.466 e. The first-order chi connectivity index (χ1) is 8.25. The van der Waals surface area contributed by atoms with Crippen LogP contribution in [0.5, 0.6) is 0 Å². The molecule has 1 atom stereocenters. The first-order valence-corrected chi connectivity index (χ1v) is 6.48. The summed E-state index contributed by atoms with van der Waals surface area (Å²) in [5, 5.41) is 0. The molecule has 1 fully saturated rings. The number of benzene rings is 1. The minimum Gasteiger partial charge on any atom is -0.466 e. The van der Waals surface area contributed by atoms with Crippen molar-refractivity contribution in [3.8, 4) is 0 Å². The standard InChI is InChI=1S/C15H18O2/c1-2-17-14(16)9-13-12-6-4-3-5-11(12)10-15(13)7-8-15/h3-6,13H,2,7-10H2,1H3. The lowest BCUT2D eigenvalue weighted by Gasteiger charge is -2.18. The van der Waals surface area contributed by atoms with E-state index in [-0.39, 0.29) is 5.97 Å². The fourth-order valence-electron chi connectivity index (χ4n) is 3.27. The summed E-state index contributed by atoms with van der Waals surface area (Å²) in [6.07, 6.45) is 4.26. The smallest absolute Gasteiger partial charge is 0.306 e. The van der Waals surface area contributed by atoms with E-state index >= 15 is 0 Å². The summed E-state index contributed by atoms with van der Waals surface area (Å²) in [6.45, 7) is 2.35. The zero-order valence-electron chi connectivity index (χ0n) is 10.2. The molecule has 0 N–H and O–H groups in total. The minimum atomic E-state index is -0.0412. The Morgan fingerprint density at radius 2 is 2.18 bits per heavy atom. The highest BCUT2D eigenvalue weighted by Crippen LogP contribution is 2.64. The molecule has 2 aliphatic rings. The number of ether oxygens (including phenoxy) is 1. The first-order valence-electron chi connectivity index (χ1n) is 6.48. The van der Waals surface area contributed by atoms with Crippen LogP contribution in [0, 0.1) is 5.41 Å². The Hall–Kier alpha value is -1.31. The van der Waals surface area contributed by atoms with Gasteiger partial charge in [-0.25, -0.2) is 0 Å². The zero-order chi connectivity index (χ0) is 11.9. The summed E-state index contributed by atoms with van der Waals surface area (Å²) in [5.74, 6) is 0.359. The Bertz CT molecular complexity index is 446. The van der Waals surface area contributed by atoms with E-state index < -0.39 is 0 Å². The summed E-state index contributed by atoms with van der Waals surface area (Å²) in [5.41, 5.74) is 3.23. The topological polar surface area (TPSA) is 26.3 Å². The molecule has 0 aromatic heterocycles. The Kier molecular flexibility index (Phi) is 2.46. The maximum absolute atomic E-state index is 11.7. The quantitative estimate of drug-likeness (QED) is 0.746. The van der Waals surface area contributed by atoms with Crippen LogP contribution in [0.4, 0.5) is 0 Å². The summed E-state index contributed by atoms with van der Waals surface area (Å²) < 4.78 is 5.10. The second kappa shape index (κ2) is 3.86. The molecule has 1 aromatic carbocycles. The van der Waals surface area contributed by atoms with E-state index in [1.54, 1.807) is 0 Å². The van der Waals surface area contributed by atoms with Gasteiger partial charge in [0.05, 0.1) is 13.0 Å². The summed E-state index contributed by atoms with van der Waals surface area (Å²) in [6, 6.07) is 8.58. The summed E-state index contributed by atoms with van der Waals surface area (Å²) in [7, 11) is 0. The predicted molar refractivity (Wildman–Crippen MR) is 65.8 cm³/mol. The molecule has 0 radical (unpaired) electrons. The highest BCUT2D eigenvalue weighted by atomic mass is 16.5. The summed E-state index contributed by atoms with van der Waals surface area (Å²) >= 11 is 0. The average Bonchev–Trinajstić information content (AvgIpc) is 3.01. The third-order valence-corrected chi connectivity index (χ3v) is 4.28. The van der Waals surface area contributed by atoms with Crippen LogP contribution in [0.25, 0.3) is 0 Å². The lowest BCUT2D eigenvalue weighted by molar-refractivity contribution is -0.143. The van der Waals surface area contributed by atoms with E-state index in [4.69, 9.17) is 4.74 Å². The van der Waals surface area contributed by atoms with Gasteiger partial charge in [-0.05, 0) is 42.7 Å². The monoisotopic (exact) mass is 230 g/mol. The third kappa shape index (κ3) is 1.76. The van der Waals surface area contributed by atoms with Gasteiger partial charge in [0.15, 0.2) is 0 Å². The molecule has 1 spiro atoms. The fourth-order valence-corrected chi connectivity index (χ4v) is 3.27.